The first kappa shape index (κ1) is 13.8. The largest absolute Gasteiger partial charge is 0.372 e. The van der Waals surface area contributed by atoms with E-state index >= 15 is 0 Å². The SMILES string of the molecule is CC(C)(O)NC(=O)c1c[c-]ccc1.[Y]. The molecule has 4 heteroatoms. The number of amides is 1. The standard InChI is InChI=1S/C10H12NO2.Y/c1-10(2,13)11-9(12)8-6-4-3-5-7-8;/h3-4,6-7,13H,1-2H3,(H,11,12);/q-1;. The summed E-state index contributed by atoms with van der Waals surface area (Å²) in [5.74, 6) is -0.302. The first-order valence-corrected chi connectivity index (χ1v) is 4.00. The Hall–Kier alpha value is -0.246. The van der Waals surface area contributed by atoms with Crippen LogP contribution >= 0.6 is 0 Å². The van der Waals surface area contributed by atoms with Gasteiger partial charge in [0.2, 0.25) is 0 Å². The summed E-state index contributed by atoms with van der Waals surface area (Å²) in [4.78, 5) is 11.4. The van der Waals surface area contributed by atoms with Crippen LogP contribution in [0.1, 0.15) is 24.2 Å². The fourth-order valence-electron chi connectivity index (χ4n) is 0.885. The van der Waals surface area contributed by atoms with Gasteiger partial charge in [-0.3, -0.25) is 4.79 Å². The summed E-state index contributed by atoms with van der Waals surface area (Å²) in [5, 5.41) is 11.7. The molecular weight excluding hydrogens is 255 g/mol. The molecule has 0 bridgehead atoms. The van der Waals surface area contributed by atoms with E-state index in [1.807, 2.05) is 0 Å². The number of nitrogens with one attached hydrogen (secondary N) is 1. The van der Waals surface area contributed by atoms with Crippen molar-refractivity contribution in [3.05, 3.63) is 35.9 Å². The third-order valence-corrected chi connectivity index (χ3v) is 1.39. The number of hydrogen-bond acceptors (Lipinski definition) is 2. The van der Waals surface area contributed by atoms with Gasteiger partial charge in [0.05, 0.1) is 0 Å². The Bertz CT molecular complexity index is 293. The molecule has 1 amide bonds. The molecule has 0 saturated carbocycles. The van der Waals surface area contributed by atoms with Crippen LogP contribution in [0, 0.1) is 6.07 Å². The Kier molecular flexibility index (Phi) is 5.49. The second kappa shape index (κ2) is 5.59. The van der Waals surface area contributed by atoms with Gasteiger partial charge >= 0.3 is 0 Å². The van der Waals surface area contributed by atoms with Crippen molar-refractivity contribution < 1.29 is 42.6 Å². The Morgan fingerprint density at radius 1 is 1.57 bits per heavy atom. The molecule has 0 aliphatic carbocycles. The second-order valence-electron chi connectivity index (χ2n) is 3.31. The first-order chi connectivity index (χ1) is 5.99. The maximum atomic E-state index is 11.4. The molecule has 3 nitrogen and oxygen atoms in total. The van der Waals surface area contributed by atoms with Gasteiger partial charge in [-0.2, -0.15) is 30.3 Å². The average molecular weight is 267 g/mol. The van der Waals surface area contributed by atoms with Crippen LogP contribution in [0.5, 0.6) is 0 Å². The van der Waals surface area contributed by atoms with E-state index in [-0.39, 0.29) is 38.6 Å². The van der Waals surface area contributed by atoms with Crippen LogP contribution in [-0.2, 0) is 32.7 Å². The molecule has 0 saturated heterocycles. The predicted octanol–water partition coefficient (Wildman–Crippen LogP) is 0.942. The van der Waals surface area contributed by atoms with Crippen molar-refractivity contribution in [1.82, 2.24) is 5.32 Å². The normalized spacial score (nSPS) is 10.2. The van der Waals surface area contributed by atoms with Gasteiger partial charge in [0.25, 0.3) is 0 Å². The van der Waals surface area contributed by atoms with Crippen LogP contribution in [0.3, 0.4) is 0 Å². The van der Waals surface area contributed by atoms with E-state index in [1.54, 1.807) is 24.3 Å². The molecule has 1 aromatic rings. The third kappa shape index (κ3) is 4.84. The van der Waals surface area contributed by atoms with E-state index in [0.29, 0.717) is 5.56 Å². The summed E-state index contributed by atoms with van der Waals surface area (Å²) in [6.07, 6.45) is 0. The summed E-state index contributed by atoms with van der Waals surface area (Å²) >= 11 is 0. The van der Waals surface area contributed by atoms with Gasteiger partial charge in [-0.05, 0) is 13.8 Å². The average Bonchev–Trinajstić information content (AvgIpc) is 2.03. The van der Waals surface area contributed by atoms with Crippen LogP contribution in [0.25, 0.3) is 0 Å². The number of hydrogen-bond donors (Lipinski definition) is 2. The predicted molar refractivity (Wildman–Crippen MR) is 49.0 cm³/mol. The summed E-state index contributed by atoms with van der Waals surface area (Å²) in [5.41, 5.74) is -0.697. The molecule has 0 unspecified atom stereocenters. The summed E-state index contributed by atoms with van der Waals surface area (Å²) in [6.45, 7) is 3.02. The number of carbonyl (C=O) groups is 1. The minimum absolute atomic E-state index is 0. The monoisotopic (exact) mass is 267 g/mol. The molecule has 0 fully saturated rings. The fourth-order valence-corrected chi connectivity index (χ4v) is 0.885. The van der Waals surface area contributed by atoms with Gasteiger partial charge in [0, 0.05) is 32.7 Å². The molecule has 0 heterocycles. The van der Waals surface area contributed by atoms with Gasteiger partial charge in [0.1, 0.15) is 5.72 Å². The summed E-state index contributed by atoms with van der Waals surface area (Å²) < 4.78 is 0. The number of carbonyl (C=O) groups excluding carboxylic acids is 1. The van der Waals surface area contributed by atoms with Gasteiger partial charge < -0.3 is 10.4 Å². The van der Waals surface area contributed by atoms with Crippen LogP contribution in [0.2, 0.25) is 0 Å². The number of aliphatic hydroxyl groups is 1. The minimum atomic E-state index is -1.19. The Morgan fingerprint density at radius 2 is 2.21 bits per heavy atom. The Morgan fingerprint density at radius 3 is 2.64 bits per heavy atom. The van der Waals surface area contributed by atoms with E-state index in [9.17, 15) is 9.90 Å². The third-order valence-electron chi connectivity index (χ3n) is 1.39. The molecule has 0 aromatic heterocycles. The quantitative estimate of drug-likeness (QED) is 0.619. The van der Waals surface area contributed by atoms with Crippen LogP contribution in [-0.4, -0.2) is 16.7 Å². The molecule has 14 heavy (non-hydrogen) atoms. The maximum Gasteiger partial charge on any atom is 0.197 e. The van der Waals surface area contributed by atoms with Crippen molar-refractivity contribution in [2.75, 3.05) is 0 Å². The fraction of sp³-hybridized carbons (Fsp3) is 0.300. The molecule has 73 valence electrons. The summed E-state index contributed by atoms with van der Waals surface area (Å²) in [6, 6.07) is 9.45. The molecule has 0 spiro atoms. The van der Waals surface area contributed by atoms with Gasteiger partial charge in [-0.1, -0.05) is 5.56 Å². The summed E-state index contributed by atoms with van der Waals surface area (Å²) in [7, 11) is 0. The van der Waals surface area contributed by atoms with Gasteiger partial charge in [-0.25, -0.2) is 0 Å². The van der Waals surface area contributed by atoms with E-state index in [2.05, 4.69) is 11.4 Å². The molecule has 0 atom stereocenters. The smallest absolute Gasteiger partial charge is 0.197 e. The molecule has 1 rings (SSSR count). The Balaban J connectivity index is 0.00000169. The van der Waals surface area contributed by atoms with Crippen molar-refractivity contribution in [3.63, 3.8) is 0 Å². The molecular formula is C10H12NO2Y-. The molecule has 0 aliphatic heterocycles. The second-order valence-corrected chi connectivity index (χ2v) is 3.31. The zero-order valence-electron chi connectivity index (χ0n) is 8.24. The Labute approximate surface area is 109 Å². The molecule has 1 aromatic carbocycles. The van der Waals surface area contributed by atoms with E-state index in [4.69, 9.17) is 0 Å². The molecule has 0 aliphatic rings. The first-order valence-electron chi connectivity index (χ1n) is 4.00. The van der Waals surface area contributed by atoms with Crippen LogP contribution < -0.4 is 5.32 Å². The number of benzene rings is 1. The zero-order chi connectivity index (χ0) is 9.90. The maximum absolute atomic E-state index is 11.4. The van der Waals surface area contributed by atoms with Crippen LogP contribution in [0.4, 0.5) is 0 Å². The van der Waals surface area contributed by atoms with Gasteiger partial charge in [-0.15, -0.1) is 0 Å². The van der Waals surface area contributed by atoms with Crippen molar-refractivity contribution in [1.29, 1.82) is 0 Å². The van der Waals surface area contributed by atoms with E-state index in [1.165, 1.54) is 13.8 Å². The number of rotatable bonds is 2. The topological polar surface area (TPSA) is 49.3 Å². The van der Waals surface area contributed by atoms with Crippen molar-refractivity contribution >= 4 is 5.91 Å². The minimum Gasteiger partial charge on any atom is -0.372 e. The van der Waals surface area contributed by atoms with Crippen molar-refractivity contribution in [2.45, 2.75) is 19.6 Å². The van der Waals surface area contributed by atoms with Gasteiger partial charge in [0.15, 0.2) is 5.91 Å². The zero-order valence-corrected chi connectivity index (χ0v) is 11.1. The molecule has 1 radical (unpaired) electrons. The van der Waals surface area contributed by atoms with Crippen LogP contribution in [0.15, 0.2) is 24.3 Å². The van der Waals surface area contributed by atoms with E-state index in [0.717, 1.165) is 0 Å². The van der Waals surface area contributed by atoms with Crippen molar-refractivity contribution in [3.8, 4) is 0 Å². The molecule has 2 N–H and O–H groups in total. The van der Waals surface area contributed by atoms with E-state index < -0.39 is 5.72 Å². The van der Waals surface area contributed by atoms with Crippen molar-refractivity contribution in [2.24, 2.45) is 0 Å².